The van der Waals surface area contributed by atoms with Crippen LogP contribution >= 0.6 is 0 Å². The first-order chi connectivity index (χ1) is 29.6. The fraction of sp³-hybridized carbons (Fsp3) is 0.590. The summed E-state index contributed by atoms with van der Waals surface area (Å²) in [7, 11) is 0. The minimum Gasteiger partial charge on any atom is -0.508 e. The quantitative estimate of drug-likeness (QED) is 0.0438. The van der Waals surface area contributed by atoms with E-state index in [1.807, 2.05) is 0 Å². The molecule has 350 valence electrons. The van der Waals surface area contributed by atoms with Gasteiger partial charge < -0.3 is 73.4 Å². The van der Waals surface area contributed by atoms with Crippen LogP contribution in [0.25, 0.3) is 0 Å². The molecule has 8 atom stereocenters. The van der Waals surface area contributed by atoms with E-state index in [0.717, 1.165) is 4.90 Å². The molecule has 0 saturated carbocycles. The number of likely N-dealkylation sites (tertiary alicyclic amines) is 1. The predicted molar refractivity (Wildman–Crippen MR) is 219 cm³/mol. The SMILES string of the molecule is CC[C@H](C)[C@H](NC(=O)[C@@H](N)Cc1ccc(O)cc1)C(=O)NCC(=O)N[C@@H](CO)C(=O)NCC(=O)N[C@@H](CC(=O)O)C(=O)N[C@@H](CO)C(=O)N1CCC[C@H]1C(=O)N[C@H](C(=O)O)C(C)C. The van der Waals surface area contributed by atoms with Gasteiger partial charge in [0.25, 0.3) is 0 Å². The molecule has 14 N–H and O–H groups in total. The average molecular weight is 894 g/mol. The highest BCUT2D eigenvalue weighted by molar-refractivity contribution is 5.98. The van der Waals surface area contributed by atoms with Crippen molar-refractivity contribution in [2.75, 3.05) is 32.8 Å². The summed E-state index contributed by atoms with van der Waals surface area (Å²) < 4.78 is 0. The second kappa shape index (κ2) is 25.5. The molecule has 0 radical (unpaired) electrons. The van der Waals surface area contributed by atoms with Crippen LogP contribution < -0.4 is 43.0 Å². The Labute approximate surface area is 362 Å². The van der Waals surface area contributed by atoms with Crippen LogP contribution in [0, 0.1) is 11.8 Å². The van der Waals surface area contributed by atoms with Crippen LogP contribution in [-0.4, -0.2) is 165 Å². The van der Waals surface area contributed by atoms with Crippen molar-refractivity contribution in [1.82, 2.24) is 42.1 Å². The molecule has 1 fully saturated rings. The number of aliphatic hydroxyl groups is 2. The van der Waals surface area contributed by atoms with Crippen LogP contribution in [0.1, 0.15) is 58.9 Å². The van der Waals surface area contributed by atoms with Crippen molar-refractivity contribution in [2.45, 2.75) is 102 Å². The van der Waals surface area contributed by atoms with E-state index in [0.29, 0.717) is 18.4 Å². The molecule has 0 aromatic heterocycles. The van der Waals surface area contributed by atoms with Crippen molar-refractivity contribution >= 4 is 59.2 Å². The lowest BCUT2D eigenvalue weighted by Crippen LogP contribution is -2.59. The molecule has 1 aromatic rings. The van der Waals surface area contributed by atoms with E-state index in [1.54, 1.807) is 39.8 Å². The average Bonchev–Trinajstić information content (AvgIpc) is 3.73. The van der Waals surface area contributed by atoms with Gasteiger partial charge in [-0.25, -0.2) is 4.79 Å². The Morgan fingerprint density at radius 3 is 1.83 bits per heavy atom. The van der Waals surface area contributed by atoms with E-state index in [2.05, 4.69) is 37.2 Å². The van der Waals surface area contributed by atoms with Crippen LogP contribution in [0.5, 0.6) is 5.75 Å². The van der Waals surface area contributed by atoms with Gasteiger partial charge in [-0.15, -0.1) is 0 Å². The molecule has 24 nitrogen and oxygen atoms in total. The van der Waals surface area contributed by atoms with Crippen molar-refractivity contribution < 1.29 is 73.5 Å². The van der Waals surface area contributed by atoms with Gasteiger partial charge in [0.15, 0.2) is 0 Å². The maximum absolute atomic E-state index is 13.4. The standard InChI is InChI=1S/C39H59N9O15/c1-5-20(4)32(47-33(56)23(40)13-21-8-10-22(51)11-9-21)37(60)42-16-29(53)44-25(17-49)34(57)41-15-28(52)43-24(14-30(54)55)35(58)45-26(18-50)38(61)48-12-6-7-27(48)36(59)46-31(19(2)3)39(62)63/h8-11,19-20,23-27,31-32,49-51H,5-7,12-18,40H2,1-4H3,(H,41,57)(H,42,60)(H,43,52)(H,44,53)(H,45,58)(H,46,59)(H,47,56)(H,54,55)(H,62,63)/t20-,23-,24-,25-,26-,27-,31-,32-/m0/s1. The zero-order valence-corrected chi connectivity index (χ0v) is 35.4. The van der Waals surface area contributed by atoms with Gasteiger partial charge in [0.1, 0.15) is 42.0 Å². The number of benzene rings is 1. The third-order valence-corrected chi connectivity index (χ3v) is 10.1. The summed E-state index contributed by atoms with van der Waals surface area (Å²) in [5, 5.41) is 63.9. The maximum Gasteiger partial charge on any atom is 0.326 e. The number of aliphatic carboxylic acids is 2. The molecular formula is C39H59N9O15. The van der Waals surface area contributed by atoms with Crippen LogP contribution in [0.4, 0.5) is 0 Å². The summed E-state index contributed by atoms with van der Waals surface area (Å²) in [5.74, 6) is -11.2. The molecule has 24 heteroatoms. The van der Waals surface area contributed by atoms with E-state index in [4.69, 9.17) is 5.73 Å². The molecule has 0 spiro atoms. The molecule has 0 unspecified atom stereocenters. The number of hydrogen-bond donors (Lipinski definition) is 13. The van der Waals surface area contributed by atoms with Crippen LogP contribution in [-0.2, 0) is 54.4 Å². The normalized spacial score (nSPS) is 16.8. The van der Waals surface area contributed by atoms with Crippen molar-refractivity contribution in [1.29, 1.82) is 0 Å². The van der Waals surface area contributed by atoms with Gasteiger partial charge in [-0.3, -0.25) is 43.2 Å². The lowest BCUT2D eigenvalue weighted by Gasteiger charge is -2.30. The maximum atomic E-state index is 13.4. The van der Waals surface area contributed by atoms with Gasteiger partial charge in [-0.05, 0) is 48.8 Å². The molecule has 1 heterocycles. The fourth-order valence-electron chi connectivity index (χ4n) is 6.30. The molecule has 63 heavy (non-hydrogen) atoms. The Hall–Kier alpha value is -6.40. The Bertz CT molecular complexity index is 1810. The highest BCUT2D eigenvalue weighted by Gasteiger charge is 2.40. The first-order valence-corrected chi connectivity index (χ1v) is 20.2. The van der Waals surface area contributed by atoms with Gasteiger partial charge in [0.2, 0.25) is 47.3 Å². The highest BCUT2D eigenvalue weighted by atomic mass is 16.4. The van der Waals surface area contributed by atoms with E-state index in [9.17, 15) is 73.5 Å². The van der Waals surface area contributed by atoms with Crippen molar-refractivity contribution in [2.24, 2.45) is 17.6 Å². The minimum atomic E-state index is -1.86. The first kappa shape index (κ1) is 52.7. The summed E-state index contributed by atoms with van der Waals surface area (Å²) in [5.41, 5.74) is 6.70. The Kier molecular flexibility index (Phi) is 21.4. The number of nitrogens with zero attached hydrogens (tertiary/aromatic N) is 1. The molecule has 1 aliphatic heterocycles. The van der Waals surface area contributed by atoms with Gasteiger partial charge in [-0.1, -0.05) is 46.2 Å². The molecule has 1 aliphatic rings. The highest BCUT2D eigenvalue weighted by Crippen LogP contribution is 2.20. The molecule has 8 amide bonds. The number of carboxylic acids is 2. The molecule has 1 aromatic carbocycles. The number of carbonyl (C=O) groups is 10. The number of carbonyl (C=O) groups excluding carboxylic acids is 8. The summed E-state index contributed by atoms with van der Waals surface area (Å²) >= 11 is 0. The Morgan fingerprint density at radius 2 is 1.30 bits per heavy atom. The van der Waals surface area contributed by atoms with Crippen molar-refractivity contribution in [3.05, 3.63) is 29.8 Å². The summed E-state index contributed by atoms with van der Waals surface area (Å²) in [6.45, 7) is 3.02. The number of nitrogens with one attached hydrogen (secondary N) is 7. The third-order valence-electron chi connectivity index (χ3n) is 10.1. The topological polar surface area (TPSA) is 385 Å². The molecule has 0 bridgehead atoms. The van der Waals surface area contributed by atoms with E-state index in [1.165, 1.54) is 12.1 Å². The Morgan fingerprint density at radius 1 is 0.730 bits per heavy atom. The van der Waals surface area contributed by atoms with Gasteiger partial charge >= 0.3 is 11.9 Å². The van der Waals surface area contributed by atoms with E-state index >= 15 is 0 Å². The lowest BCUT2D eigenvalue weighted by atomic mass is 9.97. The van der Waals surface area contributed by atoms with Crippen molar-refractivity contribution in [3.8, 4) is 5.75 Å². The second-order valence-electron chi connectivity index (χ2n) is 15.3. The predicted octanol–water partition coefficient (Wildman–Crippen LogP) is -4.84. The summed E-state index contributed by atoms with van der Waals surface area (Å²) in [4.78, 5) is 128. The number of aliphatic hydroxyl groups excluding tert-OH is 2. The van der Waals surface area contributed by atoms with E-state index in [-0.39, 0.29) is 25.1 Å². The van der Waals surface area contributed by atoms with Crippen LogP contribution in [0.2, 0.25) is 0 Å². The molecule has 2 rings (SSSR count). The minimum absolute atomic E-state index is 0.0140. The number of phenols is 1. The van der Waals surface area contributed by atoms with Gasteiger partial charge in [0, 0.05) is 6.54 Å². The lowest BCUT2D eigenvalue weighted by molar-refractivity contribution is -0.146. The molecule has 0 aliphatic carbocycles. The van der Waals surface area contributed by atoms with Crippen LogP contribution in [0.15, 0.2) is 24.3 Å². The first-order valence-electron chi connectivity index (χ1n) is 20.2. The number of phenolic OH excluding ortho intramolecular Hbond substituents is 1. The molecular weight excluding hydrogens is 834 g/mol. The number of carboxylic acid groups (broad SMARTS) is 2. The largest absolute Gasteiger partial charge is 0.508 e. The Balaban J connectivity index is 1.96. The zero-order chi connectivity index (χ0) is 47.6. The second-order valence-corrected chi connectivity index (χ2v) is 15.3. The monoisotopic (exact) mass is 893 g/mol. The van der Waals surface area contributed by atoms with Crippen molar-refractivity contribution in [3.63, 3.8) is 0 Å². The number of hydrogen-bond acceptors (Lipinski definition) is 14. The van der Waals surface area contributed by atoms with Gasteiger partial charge in [-0.2, -0.15) is 0 Å². The van der Waals surface area contributed by atoms with E-state index < -0.39 is 146 Å². The van der Waals surface area contributed by atoms with Gasteiger partial charge in [0.05, 0.1) is 38.8 Å². The summed E-state index contributed by atoms with van der Waals surface area (Å²) in [6, 6.07) is -3.74. The number of rotatable bonds is 25. The number of nitrogens with two attached hydrogens (primary N) is 1. The number of amides is 8. The van der Waals surface area contributed by atoms with Crippen LogP contribution in [0.3, 0.4) is 0 Å². The fourth-order valence-corrected chi connectivity index (χ4v) is 6.30. The smallest absolute Gasteiger partial charge is 0.326 e. The third kappa shape index (κ3) is 16.8. The zero-order valence-electron chi connectivity index (χ0n) is 35.4. The number of aromatic hydroxyl groups is 1. The summed E-state index contributed by atoms with van der Waals surface area (Å²) in [6.07, 6.45) is 0.00504. The molecule has 1 saturated heterocycles.